The molecule has 0 spiro atoms. The second kappa shape index (κ2) is 6.62. The molecular formula is C19H14F2N2O3S. The number of anilines is 1. The van der Waals surface area contributed by atoms with Gasteiger partial charge in [0.2, 0.25) is 0 Å². The first-order valence-electron chi connectivity index (χ1n) is 8.00. The summed E-state index contributed by atoms with van der Waals surface area (Å²) >= 11 is 1.21. The van der Waals surface area contributed by atoms with Gasteiger partial charge in [0.05, 0.1) is 32.0 Å². The Morgan fingerprint density at radius 3 is 2.67 bits per heavy atom. The minimum atomic E-state index is -0.700. The van der Waals surface area contributed by atoms with Gasteiger partial charge in [-0.25, -0.2) is 13.8 Å². The van der Waals surface area contributed by atoms with Crippen LogP contribution in [0.15, 0.2) is 35.7 Å². The van der Waals surface area contributed by atoms with Crippen LogP contribution in [-0.4, -0.2) is 25.1 Å². The highest BCUT2D eigenvalue weighted by atomic mass is 32.1. The molecule has 0 radical (unpaired) electrons. The van der Waals surface area contributed by atoms with Gasteiger partial charge in [-0.15, -0.1) is 11.3 Å². The first-order valence-corrected chi connectivity index (χ1v) is 8.88. The van der Waals surface area contributed by atoms with Crippen molar-refractivity contribution in [1.29, 1.82) is 0 Å². The van der Waals surface area contributed by atoms with Gasteiger partial charge >= 0.3 is 0 Å². The maximum absolute atomic E-state index is 14.0. The molecule has 0 saturated carbocycles. The summed E-state index contributed by atoms with van der Waals surface area (Å²) in [6.07, 6.45) is 0. The standard InChI is InChI=1S/C19H14F2N2O3S/c1-25-15-6-3-10-8-23(18(24)16(10)17(15)26-2)19-22-14(9-27-19)12-5-4-11(20)7-13(12)21/h3-7,9H,8H2,1-2H3. The molecule has 0 N–H and O–H groups in total. The third-order valence-electron chi connectivity index (χ3n) is 4.35. The van der Waals surface area contributed by atoms with Gasteiger partial charge in [-0.3, -0.25) is 9.69 Å². The van der Waals surface area contributed by atoms with E-state index in [1.807, 2.05) is 6.07 Å². The Labute approximate surface area is 157 Å². The molecule has 2 heterocycles. The van der Waals surface area contributed by atoms with E-state index in [0.717, 1.165) is 11.6 Å². The summed E-state index contributed by atoms with van der Waals surface area (Å²) in [4.78, 5) is 18.8. The van der Waals surface area contributed by atoms with Crippen LogP contribution in [0.3, 0.4) is 0 Å². The Bertz CT molecular complexity index is 1050. The smallest absolute Gasteiger partial charge is 0.264 e. The Balaban J connectivity index is 1.70. The quantitative estimate of drug-likeness (QED) is 0.670. The molecule has 0 aliphatic carbocycles. The van der Waals surface area contributed by atoms with Crippen LogP contribution in [-0.2, 0) is 6.54 Å². The van der Waals surface area contributed by atoms with E-state index in [1.165, 1.54) is 42.6 Å². The van der Waals surface area contributed by atoms with Crippen molar-refractivity contribution in [3.63, 3.8) is 0 Å². The molecule has 5 nitrogen and oxygen atoms in total. The number of hydrogen-bond acceptors (Lipinski definition) is 5. The molecule has 8 heteroatoms. The van der Waals surface area contributed by atoms with Crippen LogP contribution in [0.5, 0.6) is 11.5 Å². The lowest BCUT2D eigenvalue weighted by Gasteiger charge is -2.12. The monoisotopic (exact) mass is 388 g/mol. The number of halogens is 2. The summed E-state index contributed by atoms with van der Waals surface area (Å²) in [5.74, 6) is -0.767. The number of carbonyl (C=O) groups is 1. The van der Waals surface area contributed by atoms with Gasteiger partial charge in [0.25, 0.3) is 5.91 Å². The fourth-order valence-electron chi connectivity index (χ4n) is 3.07. The molecule has 0 fully saturated rings. The number of carbonyl (C=O) groups excluding carboxylic acids is 1. The minimum Gasteiger partial charge on any atom is -0.493 e. The molecule has 27 heavy (non-hydrogen) atoms. The van der Waals surface area contributed by atoms with Gasteiger partial charge < -0.3 is 9.47 Å². The first-order chi connectivity index (χ1) is 13.0. The van der Waals surface area contributed by atoms with Crippen LogP contribution in [0.2, 0.25) is 0 Å². The summed E-state index contributed by atoms with van der Waals surface area (Å²) in [6, 6.07) is 6.87. The predicted molar refractivity (Wildman–Crippen MR) is 97.5 cm³/mol. The molecule has 1 aliphatic heterocycles. The summed E-state index contributed by atoms with van der Waals surface area (Å²) < 4.78 is 37.7. The van der Waals surface area contributed by atoms with Crippen molar-refractivity contribution >= 4 is 22.4 Å². The number of rotatable bonds is 4. The zero-order valence-electron chi connectivity index (χ0n) is 14.5. The maximum Gasteiger partial charge on any atom is 0.264 e. The number of aromatic nitrogens is 1. The lowest BCUT2D eigenvalue weighted by Crippen LogP contribution is -2.23. The number of nitrogens with zero attached hydrogens (tertiary/aromatic N) is 2. The third-order valence-corrected chi connectivity index (χ3v) is 5.21. The molecule has 1 aliphatic rings. The number of hydrogen-bond donors (Lipinski definition) is 0. The minimum absolute atomic E-state index is 0.183. The van der Waals surface area contributed by atoms with Crippen LogP contribution < -0.4 is 14.4 Å². The largest absolute Gasteiger partial charge is 0.493 e. The molecule has 1 aromatic heterocycles. The molecule has 1 amide bonds. The van der Waals surface area contributed by atoms with Crippen LogP contribution in [0.25, 0.3) is 11.3 Å². The highest BCUT2D eigenvalue weighted by Crippen LogP contribution is 2.41. The van der Waals surface area contributed by atoms with Gasteiger partial charge in [0, 0.05) is 17.0 Å². The topological polar surface area (TPSA) is 51.7 Å². The van der Waals surface area contributed by atoms with E-state index in [-0.39, 0.29) is 11.5 Å². The van der Waals surface area contributed by atoms with Gasteiger partial charge in [0.1, 0.15) is 11.6 Å². The summed E-state index contributed by atoms with van der Waals surface area (Å²) in [5, 5.41) is 2.07. The SMILES string of the molecule is COc1ccc2c(c1OC)C(=O)N(c1nc(-c3ccc(F)cc3F)cs1)C2. The number of fused-ring (bicyclic) bond motifs is 1. The number of amides is 1. The van der Waals surface area contributed by atoms with Gasteiger partial charge in [-0.1, -0.05) is 6.07 Å². The van der Waals surface area contributed by atoms with Crippen molar-refractivity contribution in [3.8, 4) is 22.8 Å². The Morgan fingerprint density at radius 2 is 1.96 bits per heavy atom. The van der Waals surface area contributed by atoms with Crippen molar-refractivity contribution < 1.29 is 23.0 Å². The van der Waals surface area contributed by atoms with Crippen molar-refractivity contribution in [2.45, 2.75) is 6.54 Å². The zero-order valence-corrected chi connectivity index (χ0v) is 15.3. The number of methoxy groups -OCH3 is 2. The lowest BCUT2D eigenvalue weighted by molar-refractivity contribution is 0.0993. The van der Waals surface area contributed by atoms with E-state index in [2.05, 4.69) is 4.98 Å². The van der Waals surface area contributed by atoms with Crippen molar-refractivity contribution in [3.05, 3.63) is 58.5 Å². The second-order valence-corrected chi connectivity index (χ2v) is 6.70. The zero-order chi connectivity index (χ0) is 19.1. The van der Waals surface area contributed by atoms with Crippen LogP contribution in [0.4, 0.5) is 13.9 Å². The molecular weight excluding hydrogens is 374 g/mol. The number of ether oxygens (including phenoxy) is 2. The Kier molecular flexibility index (Phi) is 4.27. The average molecular weight is 388 g/mol. The van der Waals surface area contributed by atoms with Crippen molar-refractivity contribution in [2.75, 3.05) is 19.1 Å². The van der Waals surface area contributed by atoms with E-state index in [0.29, 0.717) is 34.4 Å². The summed E-state index contributed by atoms with van der Waals surface area (Å²) in [7, 11) is 2.98. The molecule has 3 aromatic rings. The molecule has 138 valence electrons. The van der Waals surface area contributed by atoms with E-state index in [9.17, 15) is 13.6 Å². The second-order valence-electron chi connectivity index (χ2n) is 5.87. The van der Waals surface area contributed by atoms with Gasteiger partial charge in [0.15, 0.2) is 16.6 Å². The first kappa shape index (κ1) is 17.4. The summed E-state index contributed by atoms with van der Waals surface area (Å²) in [5.41, 5.74) is 1.76. The van der Waals surface area contributed by atoms with Crippen molar-refractivity contribution in [2.24, 2.45) is 0 Å². The molecule has 0 bridgehead atoms. The van der Waals surface area contributed by atoms with Crippen LogP contribution in [0.1, 0.15) is 15.9 Å². The molecule has 2 aromatic carbocycles. The third kappa shape index (κ3) is 2.82. The fraction of sp³-hybridized carbons (Fsp3) is 0.158. The van der Waals surface area contributed by atoms with Gasteiger partial charge in [-0.05, 0) is 23.8 Å². The highest BCUT2D eigenvalue weighted by molar-refractivity contribution is 7.14. The molecule has 0 unspecified atom stereocenters. The normalized spacial score (nSPS) is 13.0. The summed E-state index contributed by atoms with van der Waals surface area (Å²) in [6.45, 7) is 0.327. The van der Waals surface area contributed by atoms with E-state index >= 15 is 0 Å². The van der Waals surface area contributed by atoms with Crippen LogP contribution in [0, 0.1) is 11.6 Å². The fourth-order valence-corrected chi connectivity index (χ4v) is 3.90. The number of benzene rings is 2. The Hall–Kier alpha value is -3.00. The van der Waals surface area contributed by atoms with Gasteiger partial charge in [-0.2, -0.15) is 0 Å². The van der Waals surface area contributed by atoms with Crippen LogP contribution >= 0.6 is 11.3 Å². The molecule has 4 rings (SSSR count). The van der Waals surface area contributed by atoms with Crippen molar-refractivity contribution in [1.82, 2.24) is 4.98 Å². The van der Waals surface area contributed by atoms with E-state index < -0.39 is 11.6 Å². The lowest BCUT2D eigenvalue weighted by atomic mass is 10.1. The highest BCUT2D eigenvalue weighted by Gasteiger charge is 2.35. The number of thiazole rings is 1. The Morgan fingerprint density at radius 1 is 1.15 bits per heavy atom. The maximum atomic E-state index is 14.0. The predicted octanol–water partition coefficient (Wildman–Crippen LogP) is 4.27. The average Bonchev–Trinajstić information content (AvgIpc) is 3.26. The molecule has 0 saturated heterocycles. The van der Waals surface area contributed by atoms with E-state index in [4.69, 9.17) is 9.47 Å². The van der Waals surface area contributed by atoms with E-state index in [1.54, 1.807) is 11.4 Å². The molecule has 0 atom stereocenters.